The molecule has 2 rings (SSSR count). The van der Waals surface area contributed by atoms with Gasteiger partial charge in [0.25, 0.3) is 0 Å². The zero-order valence-electron chi connectivity index (χ0n) is 16.6. The highest BCUT2D eigenvalue weighted by Gasteiger charge is 2.15. The van der Waals surface area contributed by atoms with Crippen LogP contribution in [0, 0.1) is 0 Å². The summed E-state index contributed by atoms with van der Waals surface area (Å²) in [6, 6.07) is 8.36. The molecule has 2 aromatic carbocycles. The molecule has 0 atom stereocenters. The van der Waals surface area contributed by atoms with Crippen LogP contribution in [0.5, 0.6) is 17.2 Å². The first-order valence-electron chi connectivity index (χ1n) is 8.74. The second-order valence-corrected chi connectivity index (χ2v) is 6.75. The summed E-state index contributed by atoms with van der Waals surface area (Å²) in [6.45, 7) is 0.220. The number of nitrogens with one attached hydrogen (secondary N) is 2. The predicted molar refractivity (Wildman–Crippen MR) is 115 cm³/mol. The maximum Gasteiger partial charge on any atom is 0.329 e. The number of rotatable bonds is 8. The molecule has 0 spiro atoms. The van der Waals surface area contributed by atoms with Crippen molar-refractivity contribution in [1.82, 2.24) is 10.7 Å². The highest BCUT2D eigenvalue weighted by Crippen LogP contribution is 2.38. The summed E-state index contributed by atoms with van der Waals surface area (Å²) in [5.74, 6) is -0.230. The zero-order valence-corrected chi connectivity index (χ0v) is 18.1. The molecule has 0 aromatic heterocycles. The van der Waals surface area contributed by atoms with Gasteiger partial charge in [-0.15, -0.1) is 0 Å². The zero-order chi connectivity index (χ0) is 22.1. The Morgan fingerprint density at radius 3 is 2.23 bits per heavy atom. The Balaban J connectivity index is 1.88. The van der Waals surface area contributed by atoms with Gasteiger partial charge in [-0.05, 0) is 36.2 Å². The first-order chi connectivity index (χ1) is 14.4. The number of nitrogens with zero attached hydrogens (tertiary/aromatic N) is 1. The standard InChI is InChI=1S/C20H21Cl2N3O5/c1-28-16-8-12(9-17(29-2)18(16)30-3)6-7-23-19(26)20(27)25-24-11-13-4-5-14(21)10-15(13)22/h4-5,8-11H,6-7H2,1-3H3,(H,23,26)(H,25,27)/b24-11-. The van der Waals surface area contributed by atoms with Crippen LogP contribution in [-0.4, -0.2) is 45.9 Å². The van der Waals surface area contributed by atoms with E-state index in [0.29, 0.717) is 39.3 Å². The van der Waals surface area contributed by atoms with E-state index in [1.807, 2.05) is 0 Å². The van der Waals surface area contributed by atoms with Crippen LogP contribution in [0.4, 0.5) is 0 Å². The van der Waals surface area contributed by atoms with Crippen molar-refractivity contribution in [3.63, 3.8) is 0 Å². The van der Waals surface area contributed by atoms with Crippen molar-refractivity contribution in [2.24, 2.45) is 5.10 Å². The largest absolute Gasteiger partial charge is 0.493 e. The summed E-state index contributed by atoms with van der Waals surface area (Å²) in [5.41, 5.74) is 3.52. The van der Waals surface area contributed by atoms with E-state index in [-0.39, 0.29) is 6.54 Å². The van der Waals surface area contributed by atoms with Gasteiger partial charge in [-0.1, -0.05) is 29.3 Å². The molecule has 160 valence electrons. The normalized spacial score (nSPS) is 10.6. The van der Waals surface area contributed by atoms with Crippen molar-refractivity contribution in [1.29, 1.82) is 0 Å². The van der Waals surface area contributed by atoms with E-state index in [1.165, 1.54) is 27.5 Å². The molecule has 2 N–H and O–H groups in total. The first-order valence-corrected chi connectivity index (χ1v) is 9.50. The molecule has 0 radical (unpaired) electrons. The van der Waals surface area contributed by atoms with Gasteiger partial charge in [-0.25, -0.2) is 5.43 Å². The van der Waals surface area contributed by atoms with Crippen LogP contribution in [0.1, 0.15) is 11.1 Å². The van der Waals surface area contributed by atoms with Gasteiger partial charge in [0, 0.05) is 17.1 Å². The van der Waals surface area contributed by atoms with E-state index in [4.69, 9.17) is 37.4 Å². The Labute approximate surface area is 184 Å². The third-order valence-corrected chi connectivity index (χ3v) is 4.52. The van der Waals surface area contributed by atoms with Gasteiger partial charge in [0.1, 0.15) is 0 Å². The molecule has 2 aromatic rings. The van der Waals surface area contributed by atoms with E-state index < -0.39 is 11.8 Å². The molecule has 0 heterocycles. The van der Waals surface area contributed by atoms with Gasteiger partial charge in [-0.2, -0.15) is 5.10 Å². The number of carbonyl (C=O) groups is 2. The Bertz CT molecular complexity index is 925. The third kappa shape index (κ3) is 6.27. The second kappa shape index (κ2) is 11.3. The number of hydrazone groups is 1. The Morgan fingerprint density at radius 2 is 1.67 bits per heavy atom. The minimum Gasteiger partial charge on any atom is -0.493 e. The number of benzene rings is 2. The average molecular weight is 454 g/mol. The number of amides is 2. The maximum absolute atomic E-state index is 11.9. The fraction of sp³-hybridized carbons (Fsp3) is 0.250. The molecule has 8 nitrogen and oxygen atoms in total. The van der Waals surface area contributed by atoms with Crippen LogP contribution in [0.25, 0.3) is 0 Å². The number of methoxy groups -OCH3 is 3. The highest BCUT2D eigenvalue weighted by atomic mass is 35.5. The van der Waals surface area contributed by atoms with Gasteiger partial charge in [0.05, 0.1) is 32.6 Å². The number of carbonyl (C=O) groups excluding carboxylic acids is 2. The van der Waals surface area contributed by atoms with Crippen LogP contribution >= 0.6 is 23.2 Å². The predicted octanol–water partition coefficient (Wildman–Crippen LogP) is 2.83. The summed E-state index contributed by atoms with van der Waals surface area (Å²) in [5, 5.41) is 7.09. The summed E-state index contributed by atoms with van der Waals surface area (Å²) in [7, 11) is 4.55. The van der Waals surface area contributed by atoms with Gasteiger partial charge >= 0.3 is 11.8 Å². The molecule has 0 saturated carbocycles. The number of ether oxygens (including phenoxy) is 3. The molecule has 0 bridgehead atoms. The molecule has 10 heteroatoms. The van der Waals surface area contributed by atoms with Crippen molar-refractivity contribution in [3.8, 4) is 17.2 Å². The molecule has 0 aliphatic rings. The first kappa shape index (κ1) is 23.3. The lowest BCUT2D eigenvalue weighted by molar-refractivity contribution is -0.139. The Kier molecular flexibility index (Phi) is 8.76. The van der Waals surface area contributed by atoms with Crippen molar-refractivity contribution < 1.29 is 23.8 Å². The van der Waals surface area contributed by atoms with Crippen LogP contribution in [0.2, 0.25) is 10.0 Å². The van der Waals surface area contributed by atoms with Crippen molar-refractivity contribution >= 4 is 41.2 Å². The molecule has 0 aliphatic heterocycles. The smallest absolute Gasteiger partial charge is 0.329 e. The second-order valence-electron chi connectivity index (χ2n) is 5.90. The molecule has 0 fully saturated rings. The molecule has 2 amide bonds. The van der Waals surface area contributed by atoms with Gasteiger partial charge in [0.2, 0.25) is 5.75 Å². The molecule has 0 unspecified atom stereocenters. The van der Waals surface area contributed by atoms with Crippen LogP contribution in [0.15, 0.2) is 35.4 Å². The van der Waals surface area contributed by atoms with Crippen LogP contribution in [0.3, 0.4) is 0 Å². The molecule has 30 heavy (non-hydrogen) atoms. The van der Waals surface area contributed by atoms with Crippen molar-refractivity contribution in [2.45, 2.75) is 6.42 Å². The summed E-state index contributed by atoms with van der Waals surface area (Å²) >= 11 is 11.8. The summed E-state index contributed by atoms with van der Waals surface area (Å²) < 4.78 is 15.9. The lowest BCUT2D eigenvalue weighted by atomic mass is 10.1. The molecular weight excluding hydrogens is 433 g/mol. The van der Waals surface area contributed by atoms with Crippen LogP contribution < -0.4 is 25.0 Å². The van der Waals surface area contributed by atoms with E-state index in [0.717, 1.165) is 5.56 Å². The molecule has 0 saturated heterocycles. The minimum absolute atomic E-state index is 0.220. The van der Waals surface area contributed by atoms with Crippen molar-refractivity contribution in [3.05, 3.63) is 51.5 Å². The number of halogens is 2. The van der Waals surface area contributed by atoms with E-state index in [9.17, 15) is 9.59 Å². The topological polar surface area (TPSA) is 98.2 Å². The minimum atomic E-state index is -0.902. The van der Waals surface area contributed by atoms with E-state index >= 15 is 0 Å². The third-order valence-electron chi connectivity index (χ3n) is 3.96. The average Bonchev–Trinajstić information content (AvgIpc) is 2.74. The van der Waals surface area contributed by atoms with Gasteiger partial charge in [-0.3, -0.25) is 9.59 Å². The summed E-state index contributed by atoms with van der Waals surface area (Å²) in [6.07, 6.45) is 1.76. The van der Waals surface area contributed by atoms with E-state index in [2.05, 4.69) is 15.8 Å². The van der Waals surface area contributed by atoms with Crippen LogP contribution in [-0.2, 0) is 16.0 Å². The molecule has 0 aliphatic carbocycles. The quantitative estimate of drug-likeness (QED) is 0.363. The number of hydrogen-bond donors (Lipinski definition) is 2. The SMILES string of the molecule is COc1cc(CCNC(=O)C(=O)N/N=C\c2ccc(Cl)cc2Cl)cc(OC)c1OC. The highest BCUT2D eigenvalue weighted by molar-refractivity contribution is 6.36. The Hall–Kier alpha value is -2.97. The fourth-order valence-corrected chi connectivity index (χ4v) is 2.96. The number of hydrogen-bond acceptors (Lipinski definition) is 6. The van der Waals surface area contributed by atoms with Gasteiger partial charge in [0.15, 0.2) is 11.5 Å². The van der Waals surface area contributed by atoms with Crippen molar-refractivity contribution in [2.75, 3.05) is 27.9 Å². The van der Waals surface area contributed by atoms with Gasteiger partial charge < -0.3 is 19.5 Å². The Morgan fingerprint density at radius 1 is 1.00 bits per heavy atom. The lowest BCUT2D eigenvalue weighted by Gasteiger charge is -2.14. The lowest BCUT2D eigenvalue weighted by Crippen LogP contribution is -2.38. The monoisotopic (exact) mass is 453 g/mol. The van der Waals surface area contributed by atoms with E-state index in [1.54, 1.807) is 30.3 Å². The fourth-order valence-electron chi connectivity index (χ4n) is 2.50. The maximum atomic E-state index is 11.9. The summed E-state index contributed by atoms with van der Waals surface area (Å²) in [4.78, 5) is 23.8. The molecular formula is C20H21Cl2N3O5.